The van der Waals surface area contributed by atoms with E-state index in [1.54, 1.807) is 22.9 Å². The summed E-state index contributed by atoms with van der Waals surface area (Å²) in [6.45, 7) is 0.705. The zero-order valence-electron chi connectivity index (χ0n) is 8.81. The Morgan fingerprint density at radius 3 is 2.94 bits per heavy atom. The van der Waals surface area contributed by atoms with Gasteiger partial charge in [0.25, 0.3) is 0 Å². The quantitative estimate of drug-likeness (QED) is 0.847. The third-order valence-corrected chi connectivity index (χ3v) is 3.52. The number of nitrogens with zero attached hydrogens (tertiary/aromatic N) is 1. The van der Waals surface area contributed by atoms with Gasteiger partial charge in [0.15, 0.2) is 0 Å². The summed E-state index contributed by atoms with van der Waals surface area (Å²) in [5, 5.41) is 3.85. The predicted octanol–water partition coefficient (Wildman–Crippen LogP) is 3.04. The fourth-order valence-electron chi connectivity index (χ4n) is 1.32. The Morgan fingerprint density at radius 2 is 2.35 bits per heavy atom. The Bertz CT molecular complexity index is 526. The minimum Gasteiger partial charge on any atom is -0.389 e. The lowest BCUT2D eigenvalue weighted by molar-refractivity contribution is 1.17. The van der Waals surface area contributed by atoms with E-state index in [0.717, 1.165) is 16.1 Å². The maximum Gasteiger partial charge on any atom is 0.104 e. The van der Waals surface area contributed by atoms with Gasteiger partial charge in [0.2, 0.25) is 0 Å². The summed E-state index contributed by atoms with van der Waals surface area (Å²) in [4.78, 5) is 5.51. The molecule has 0 amide bonds. The van der Waals surface area contributed by atoms with Crippen molar-refractivity contribution in [1.29, 1.82) is 0 Å². The molecule has 0 atom stereocenters. The maximum atomic E-state index is 6.12. The Hall–Kier alpha value is -1.17. The number of hydrogen-bond donors (Lipinski definition) is 2. The Kier molecular flexibility index (Phi) is 3.93. The lowest BCUT2D eigenvalue weighted by Crippen LogP contribution is -2.09. The number of aromatic nitrogens is 1. The van der Waals surface area contributed by atoms with Crippen LogP contribution in [0.5, 0.6) is 0 Å². The van der Waals surface area contributed by atoms with Crippen molar-refractivity contribution in [2.45, 2.75) is 6.54 Å². The van der Waals surface area contributed by atoms with Crippen LogP contribution >= 0.6 is 35.2 Å². The fraction of sp³-hybridized carbons (Fsp3) is 0.0909. The van der Waals surface area contributed by atoms with E-state index in [0.29, 0.717) is 16.6 Å². The number of thiazole rings is 1. The van der Waals surface area contributed by atoms with Gasteiger partial charge in [0.1, 0.15) is 4.99 Å². The van der Waals surface area contributed by atoms with Gasteiger partial charge in [-0.25, -0.2) is 0 Å². The van der Waals surface area contributed by atoms with Crippen molar-refractivity contribution >= 4 is 45.8 Å². The number of halogens is 1. The van der Waals surface area contributed by atoms with Gasteiger partial charge in [-0.1, -0.05) is 23.8 Å². The highest BCUT2D eigenvalue weighted by Crippen LogP contribution is 2.24. The Morgan fingerprint density at radius 1 is 1.53 bits per heavy atom. The minimum atomic E-state index is 0.348. The van der Waals surface area contributed by atoms with Crippen LogP contribution in [-0.4, -0.2) is 9.97 Å². The average Bonchev–Trinajstić information content (AvgIpc) is 2.80. The van der Waals surface area contributed by atoms with Gasteiger partial charge >= 0.3 is 0 Å². The SMILES string of the molecule is NC(=S)c1ccc(NCc2cncs2)c(Cl)c1. The van der Waals surface area contributed by atoms with Gasteiger partial charge in [0, 0.05) is 16.6 Å². The Balaban J connectivity index is 2.09. The molecule has 3 N–H and O–H groups in total. The molecule has 0 bridgehead atoms. The van der Waals surface area contributed by atoms with E-state index in [1.807, 2.05) is 18.3 Å². The lowest BCUT2D eigenvalue weighted by Gasteiger charge is -2.08. The zero-order chi connectivity index (χ0) is 12.3. The number of anilines is 1. The van der Waals surface area contributed by atoms with E-state index in [4.69, 9.17) is 29.6 Å². The van der Waals surface area contributed by atoms with Crippen molar-refractivity contribution in [1.82, 2.24) is 4.98 Å². The largest absolute Gasteiger partial charge is 0.389 e. The first-order valence-electron chi connectivity index (χ1n) is 4.87. The molecule has 1 heterocycles. The standard InChI is InChI=1S/C11H10ClN3S2/c12-9-3-7(11(13)16)1-2-10(9)15-5-8-4-14-6-17-8/h1-4,6,15H,5H2,(H2,13,16). The highest BCUT2D eigenvalue weighted by atomic mass is 35.5. The molecule has 3 nitrogen and oxygen atoms in total. The third kappa shape index (κ3) is 3.15. The summed E-state index contributed by atoms with van der Waals surface area (Å²) < 4.78 is 0. The molecular formula is C11H10ClN3S2. The molecule has 0 aliphatic rings. The van der Waals surface area contributed by atoms with Gasteiger partial charge in [-0.2, -0.15) is 0 Å². The first-order valence-corrected chi connectivity index (χ1v) is 6.54. The van der Waals surface area contributed by atoms with Gasteiger partial charge in [0.05, 0.1) is 22.8 Å². The number of benzene rings is 1. The second-order valence-corrected chi connectivity index (χ2v) is 5.20. The molecule has 2 aromatic rings. The molecule has 2 rings (SSSR count). The van der Waals surface area contributed by atoms with Gasteiger partial charge in [-0.15, -0.1) is 11.3 Å². The van der Waals surface area contributed by atoms with E-state index < -0.39 is 0 Å². The highest BCUT2D eigenvalue weighted by molar-refractivity contribution is 7.80. The third-order valence-electron chi connectivity index (χ3n) is 2.19. The minimum absolute atomic E-state index is 0.348. The van der Waals surface area contributed by atoms with Crippen LogP contribution in [0.15, 0.2) is 29.9 Å². The van der Waals surface area contributed by atoms with Crippen molar-refractivity contribution in [3.05, 3.63) is 45.4 Å². The van der Waals surface area contributed by atoms with Crippen LogP contribution < -0.4 is 11.1 Å². The molecule has 0 saturated carbocycles. The summed E-state index contributed by atoms with van der Waals surface area (Å²) in [5.41, 5.74) is 8.96. The molecular weight excluding hydrogens is 274 g/mol. The number of thiocarbonyl (C=S) groups is 1. The monoisotopic (exact) mass is 283 g/mol. The number of rotatable bonds is 4. The normalized spacial score (nSPS) is 10.2. The smallest absolute Gasteiger partial charge is 0.104 e. The van der Waals surface area contributed by atoms with Crippen LogP contribution in [0, 0.1) is 0 Å². The fourth-order valence-corrected chi connectivity index (χ4v) is 2.23. The topological polar surface area (TPSA) is 50.9 Å². The van der Waals surface area contributed by atoms with Crippen molar-refractivity contribution in [3.63, 3.8) is 0 Å². The second kappa shape index (κ2) is 5.44. The summed E-state index contributed by atoms with van der Waals surface area (Å²) >= 11 is 12.6. The van der Waals surface area contributed by atoms with Crippen molar-refractivity contribution < 1.29 is 0 Å². The van der Waals surface area contributed by atoms with E-state index in [1.165, 1.54) is 0 Å². The summed E-state index contributed by atoms with van der Waals surface area (Å²) in [7, 11) is 0. The number of hydrogen-bond acceptors (Lipinski definition) is 4. The molecule has 0 saturated heterocycles. The van der Waals surface area contributed by atoms with E-state index >= 15 is 0 Å². The van der Waals surface area contributed by atoms with Crippen LogP contribution in [-0.2, 0) is 6.54 Å². The van der Waals surface area contributed by atoms with Crippen molar-refractivity contribution in [2.24, 2.45) is 5.73 Å². The first kappa shape index (κ1) is 12.3. The molecule has 0 spiro atoms. The molecule has 0 aliphatic carbocycles. The molecule has 17 heavy (non-hydrogen) atoms. The van der Waals surface area contributed by atoms with Gasteiger partial charge < -0.3 is 11.1 Å². The second-order valence-electron chi connectivity index (χ2n) is 3.38. The van der Waals surface area contributed by atoms with E-state index in [-0.39, 0.29) is 0 Å². The van der Waals surface area contributed by atoms with Crippen LogP contribution in [0.2, 0.25) is 5.02 Å². The van der Waals surface area contributed by atoms with E-state index in [2.05, 4.69) is 10.3 Å². The summed E-state index contributed by atoms with van der Waals surface area (Å²) in [6.07, 6.45) is 1.83. The molecule has 6 heteroatoms. The van der Waals surface area contributed by atoms with Crippen molar-refractivity contribution in [2.75, 3.05) is 5.32 Å². The highest BCUT2D eigenvalue weighted by Gasteiger charge is 2.03. The molecule has 0 fully saturated rings. The number of nitrogens with one attached hydrogen (secondary N) is 1. The van der Waals surface area contributed by atoms with Crippen LogP contribution in [0.3, 0.4) is 0 Å². The zero-order valence-corrected chi connectivity index (χ0v) is 11.2. The van der Waals surface area contributed by atoms with E-state index in [9.17, 15) is 0 Å². The number of nitrogens with two attached hydrogens (primary N) is 1. The maximum absolute atomic E-state index is 6.12. The predicted molar refractivity (Wildman–Crippen MR) is 76.8 cm³/mol. The van der Waals surface area contributed by atoms with Crippen molar-refractivity contribution in [3.8, 4) is 0 Å². The average molecular weight is 284 g/mol. The summed E-state index contributed by atoms with van der Waals surface area (Å²) in [5.74, 6) is 0. The first-order chi connectivity index (χ1) is 8.16. The van der Waals surface area contributed by atoms with Crippen LogP contribution in [0.1, 0.15) is 10.4 Å². The molecule has 88 valence electrons. The molecule has 1 aromatic heterocycles. The lowest BCUT2D eigenvalue weighted by atomic mass is 10.2. The van der Waals surface area contributed by atoms with Crippen LogP contribution in [0.4, 0.5) is 5.69 Å². The van der Waals surface area contributed by atoms with Gasteiger partial charge in [-0.3, -0.25) is 4.98 Å². The van der Waals surface area contributed by atoms with Gasteiger partial charge in [-0.05, 0) is 18.2 Å². The Labute approximate surface area is 114 Å². The molecule has 1 aromatic carbocycles. The molecule has 0 aliphatic heterocycles. The molecule has 0 radical (unpaired) electrons. The molecule has 0 unspecified atom stereocenters. The summed E-state index contributed by atoms with van der Waals surface area (Å²) in [6, 6.07) is 5.49. The van der Waals surface area contributed by atoms with Crippen LogP contribution in [0.25, 0.3) is 0 Å².